The van der Waals surface area contributed by atoms with Gasteiger partial charge in [-0.1, -0.05) is 12.1 Å². The van der Waals surface area contributed by atoms with E-state index in [1.807, 2.05) is 18.2 Å². The third-order valence-corrected chi connectivity index (χ3v) is 4.38. The molecule has 1 saturated carbocycles. The summed E-state index contributed by atoms with van der Waals surface area (Å²) in [6.07, 6.45) is 3.26. The van der Waals surface area contributed by atoms with Gasteiger partial charge in [0.15, 0.2) is 0 Å². The average molecular weight is 324 g/mol. The number of rotatable bonds is 5. The number of aldehydes is 1. The molecule has 1 aliphatic carbocycles. The number of benzene rings is 2. The van der Waals surface area contributed by atoms with E-state index >= 15 is 0 Å². The molecule has 2 aromatic rings. The summed E-state index contributed by atoms with van der Waals surface area (Å²) in [5, 5.41) is 0. The Labute approximate surface area is 139 Å². The number of hydrogen-bond donors (Lipinski definition) is 0. The van der Waals surface area contributed by atoms with Crippen molar-refractivity contribution in [2.75, 3.05) is 13.2 Å². The monoisotopic (exact) mass is 324 g/mol. The fourth-order valence-corrected chi connectivity index (χ4v) is 2.87. The van der Waals surface area contributed by atoms with E-state index in [-0.39, 0.29) is 12.4 Å². The molecule has 0 amide bonds. The smallest absolute Gasteiger partial charge is 0.150 e. The highest BCUT2D eigenvalue weighted by Gasteiger charge is 2.24. The SMILES string of the molecule is O=CC1=C(c2ccc(F)cc2)c2cc(OCC3CC3)ccc2OC1. The fourth-order valence-electron chi connectivity index (χ4n) is 2.87. The molecule has 1 heterocycles. The molecule has 2 aliphatic rings. The second-order valence-corrected chi connectivity index (χ2v) is 6.23. The van der Waals surface area contributed by atoms with Gasteiger partial charge in [0, 0.05) is 16.7 Å². The normalized spacial score (nSPS) is 16.4. The van der Waals surface area contributed by atoms with Crippen LogP contribution in [0, 0.1) is 11.7 Å². The first-order valence-corrected chi connectivity index (χ1v) is 8.09. The van der Waals surface area contributed by atoms with Gasteiger partial charge in [0.1, 0.15) is 30.2 Å². The Morgan fingerprint density at radius 2 is 1.96 bits per heavy atom. The summed E-state index contributed by atoms with van der Waals surface area (Å²) in [5.41, 5.74) is 2.93. The molecule has 24 heavy (non-hydrogen) atoms. The first kappa shape index (κ1) is 14.9. The lowest BCUT2D eigenvalue weighted by Crippen LogP contribution is -2.13. The van der Waals surface area contributed by atoms with Crippen LogP contribution in [0.5, 0.6) is 11.5 Å². The van der Waals surface area contributed by atoms with Crippen LogP contribution in [0.1, 0.15) is 24.0 Å². The van der Waals surface area contributed by atoms with Gasteiger partial charge >= 0.3 is 0 Å². The molecule has 0 aromatic heterocycles. The van der Waals surface area contributed by atoms with Gasteiger partial charge in [0.25, 0.3) is 0 Å². The third kappa shape index (κ3) is 2.92. The van der Waals surface area contributed by atoms with Crippen molar-refractivity contribution in [3.63, 3.8) is 0 Å². The first-order valence-electron chi connectivity index (χ1n) is 8.09. The molecule has 0 spiro atoms. The van der Waals surface area contributed by atoms with Crippen LogP contribution in [0.15, 0.2) is 48.0 Å². The van der Waals surface area contributed by atoms with Gasteiger partial charge in [-0.2, -0.15) is 0 Å². The molecular formula is C20H17FO3. The molecule has 1 aliphatic heterocycles. The predicted octanol–water partition coefficient (Wildman–Crippen LogP) is 4.01. The maximum absolute atomic E-state index is 13.2. The summed E-state index contributed by atoms with van der Waals surface area (Å²) in [5.74, 6) is 1.82. The number of ether oxygens (including phenoxy) is 2. The number of carbonyl (C=O) groups is 1. The summed E-state index contributed by atoms with van der Waals surface area (Å²) >= 11 is 0. The van der Waals surface area contributed by atoms with E-state index in [1.54, 1.807) is 12.1 Å². The van der Waals surface area contributed by atoms with Crippen LogP contribution >= 0.6 is 0 Å². The molecule has 4 heteroatoms. The van der Waals surface area contributed by atoms with Crippen LogP contribution in [-0.4, -0.2) is 19.5 Å². The Balaban J connectivity index is 1.75. The standard InChI is InChI=1S/C20H17FO3/c21-16-5-3-14(4-6-16)20-15(10-22)12-24-19-8-7-17(9-18(19)20)23-11-13-1-2-13/h3-10,13H,1-2,11-12H2. The zero-order valence-electron chi connectivity index (χ0n) is 13.1. The summed E-state index contributed by atoms with van der Waals surface area (Å²) in [7, 11) is 0. The number of fused-ring (bicyclic) bond motifs is 1. The highest BCUT2D eigenvalue weighted by atomic mass is 19.1. The summed E-state index contributed by atoms with van der Waals surface area (Å²) in [6, 6.07) is 11.8. The van der Waals surface area contributed by atoms with Crippen LogP contribution in [0.3, 0.4) is 0 Å². The molecule has 2 aromatic carbocycles. The molecule has 0 radical (unpaired) electrons. The Morgan fingerprint density at radius 1 is 1.17 bits per heavy atom. The molecule has 0 bridgehead atoms. The minimum atomic E-state index is -0.305. The first-order chi connectivity index (χ1) is 11.7. The number of carbonyl (C=O) groups excluding carboxylic acids is 1. The molecule has 0 saturated heterocycles. The second kappa shape index (κ2) is 6.11. The molecule has 1 fully saturated rings. The van der Waals surface area contributed by atoms with Gasteiger partial charge in [-0.15, -0.1) is 0 Å². The quantitative estimate of drug-likeness (QED) is 0.780. The maximum atomic E-state index is 13.2. The summed E-state index contributed by atoms with van der Waals surface area (Å²) < 4.78 is 24.8. The lowest BCUT2D eigenvalue weighted by Gasteiger charge is -2.23. The number of halogens is 1. The van der Waals surface area contributed by atoms with Gasteiger partial charge in [0.2, 0.25) is 0 Å². The van der Waals surface area contributed by atoms with E-state index in [0.717, 1.165) is 35.3 Å². The summed E-state index contributed by atoms with van der Waals surface area (Å²) in [4.78, 5) is 11.5. The molecular weight excluding hydrogens is 307 g/mol. The molecule has 3 nitrogen and oxygen atoms in total. The van der Waals surface area contributed by atoms with E-state index in [2.05, 4.69) is 0 Å². The van der Waals surface area contributed by atoms with E-state index in [9.17, 15) is 9.18 Å². The van der Waals surface area contributed by atoms with Crippen LogP contribution in [-0.2, 0) is 4.79 Å². The van der Waals surface area contributed by atoms with E-state index < -0.39 is 0 Å². The van der Waals surface area contributed by atoms with Crippen molar-refractivity contribution in [1.82, 2.24) is 0 Å². The summed E-state index contributed by atoms with van der Waals surface area (Å²) in [6.45, 7) is 0.932. The van der Waals surface area contributed by atoms with Crippen LogP contribution < -0.4 is 9.47 Å². The molecule has 122 valence electrons. The highest BCUT2D eigenvalue weighted by molar-refractivity contribution is 5.97. The Hall–Kier alpha value is -2.62. The van der Waals surface area contributed by atoms with Gasteiger partial charge in [-0.3, -0.25) is 4.79 Å². The molecule has 4 rings (SSSR count). The minimum absolute atomic E-state index is 0.214. The van der Waals surface area contributed by atoms with Crippen molar-refractivity contribution >= 4 is 11.9 Å². The van der Waals surface area contributed by atoms with Crippen LogP contribution in [0.25, 0.3) is 5.57 Å². The molecule has 0 atom stereocenters. The highest BCUT2D eigenvalue weighted by Crippen LogP contribution is 2.39. The van der Waals surface area contributed by atoms with Crippen molar-refractivity contribution < 1.29 is 18.7 Å². The maximum Gasteiger partial charge on any atom is 0.150 e. The largest absolute Gasteiger partial charge is 0.493 e. The van der Waals surface area contributed by atoms with E-state index in [4.69, 9.17) is 9.47 Å². The van der Waals surface area contributed by atoms with Gasteiger partial charge < -0.3 is 9.47 Å². The van der Waals surface area contributed by atoms with E-state index in [1.165, 1.54) is 25.0 Å². The zero-order valence-corrected chi connectivity index (χ0v) is 13.1. The van der Waals surface area contributed by atoms with Crippen molar-refractivity contribution in [1.29, 1.82) is 0 Å². The second-order valence-electron chi connectivity index (χ2n) is 6.23. The lowest BCUT2D eigenvalue weighted by molar-refractivity contribution is -0.105. The number of hydrogen-bond acceptors (Lipinski definition) is 3. The zero-order chi connectivity index (χ0) is 16.5. The van der Waals surface area contributed by atoms with Gasteiger partial charge in [-0.25, -0.2) is 4.39 Å². The molecule has 0 unspecified atom stereocenters. The Bertz CT molecular complexity index is 804. The Kier molecular flexibility index (Phi) is 3.81. The van der Waals surface area contributed by atoms with Crippen molar-refractivity contribution in [3.05, 3.63) is 65.0 Å². The van der Waals surface area contributed by atoms with Gasteiger partial charge in [-0.05, 0) is 54.7 Å². The topological polar surface area (TPSA) is 35.5 Å². The van der Waals surface area contributed by atoms with Crippen molar-refractivity contribution in [2.24, 2.45) is 5.92 Å². The van der Waals surface area contributed by atoms with Crippen molar-refractivity contribution in [3.8, 4) is 11.5 Å². The third-order valence-electron chi connectivity index (χ3n) is 4.38. The van der Waals surface area contributed by atoms with Gasteiger partial charge in [0.05, 0.1) is 6.61 Å². The predicted molar refractivity (Wildman–Crippen MR) is 88.6 cm³/mol. The van der Waals surface area contributed by atoms with Crippen LogP contribution in [0.4, 0.5) is 4.39 Å². The van der Waals surface area contributed by atoms with E-state index in [0.29, 0.717) is 17.2 Å². The Morgan fingerprint density at radius 3 is 2.67 bits per heavy atom. The molecule has 0 N–H and O–H groups in total. The van der Waals surface area contributed by atoms with Crippen molar-refractivity contribution in [2.45, 2.75) is 12.8 Å². The fraction of sp³-hybridized carbons (Fsp3) is 0.250. The minimum Gasteiger partial charge on any atom is -0.493 e. The lowest BCUT2D eigenvalue weighted by atomic mass is 9.91. The van der Waals surface area contributed by atoms with Crippen LogP contribution in [0.2, 0.25) is 0 Å². The average Bonchev–Trinajstić information content (AvgIpc) is 3.44.